The molecule has 26 heavy (non-hydrogen) atoms. The molecule has 0 saturated carbocycles. The lowest BCUT2D eigenvalue weighted by molar-refractivity contribution is -0.118. The first-order chi connectivity index (χ1) is 12.6. The minimum absolute atomic E-state index is 0.0305. The zero-order valence-corrected chi connectivity index (χ0v) is 15.9. The topological polar surface area (TPSA) is 46.9 Å². The summed E-state index contributed by atoms with van der Waals surface area (Å²) in [6, 6.07) is 16.4. The summed E-state index contributed by atoms with van der Waals surface area (Å²) >= 11 is 1.45. The van der Waals surface area contributed by atoms with E-state index in [1.54, 1.807) is 6.20 Å². The van der Waals surface area contributed by atoms with Crippen LogP contribution in [0.3, 0.4) is 0 Å². The zero-order valence-electron chi connectivity index (χ0n) is 15.1. The number of hydrogen-bond donors (Lipinski definition) is 1. The lowest BCUT2D eigenvalue weighted by Crippen LogP contribution is -2.27. The number of nitrogens with zero attached hydrogens (tertiary/aromatic N) is 2. The molecule has 5 heteroatoms. The Bertz CT molecular complexity index is 888. The molecule has 4 nitrogen and oxygen atoms in total. The van der Waals surface area contributed by atoms with E-state index in [0.29, 0.717) is 12.3 Å². The summed E-state index contributed by atoms with van der Waals surface area (Å²) in [5, 5.41) is 3.82. The maximum Gasteiger partial charge on any atom is 0.230 e. The maximum atomic E-state index is 12.2. The molecule has 0 saturated heterocycles. The van der Waals surface area contributed by atoms with Crippen LogP contribution in [0.4, 0.5) is 0 Å². The minimum atomic E-state index is 0.0305. The Balaban J connectivity index is 1.52. The molecule has 0 spiro atoms. The van der Waals surface area contributed by atoms with E-state index in [9.17, 15) is 4.79 Å². The van der Waals surface area contributed by atoms with E-state index in [0.717, 1.165) is 17.3 Å². The van der Waals surface area contributed by atoms with Crippen LogP contribution in [0.25, 0.3) is 5.69 Å². The summed E-state index contributed by atoms with van der Waals surface area (Å²) in [5.41, 5.74) is 4.80. The van der Waals surface area contributed by atoms with Gasteiger partial charge < -0.3 is 5.32 Å². The Hall–Kier alpha value is -2.53. The number of benzene rings is 2. The fraction of sp³-hybridized carbons (Fsp3) is 0.238. The van der Waals surface area contributed by atoms with Crippen LogP contribution in [0.1, 0.15) is 16.7 Å². The lowest BCUT2D eigenvalue weighted by Gasteiger charge is -2.10. The number of amides is 1. The molecule has 0 aliphatic rings. The highest BCUT2D eigenvalue weighted by molar-refractivity contribution is 7.99. The number of nitrogens with one attached hydrogen (secondary N) is 1. The number of para-hydroxylation sites is 1. The van der Waals surface area contributed by atoms with E-state index in [1.165, 1.54) is 28.5 Å². The van der Waals surface area contributed by atoms with E-state index in [1.807, 2.05) is 35.0 Å². The molecule has 2 aromatic carbocycles. The molecule has 0 unspecified atom stereocenters. The first-order valence-electron chi connectivity index (χ1n) is 8.68. The Morgan fingerprint density at radius 1 is 1.08 bits per heavy atom. The van der Waals surface area contributed by atoms with Crippen LogP contribution >= 0.6 is 11.8 Å². The lowest BCUT2D eigenvalue weighted by atomic mass is 10.1. The molecule has 0 bridgehead atoms. The summed E-state index contributed by atoms with van der Waals surface area (Å²) in [7, 11) is 0. The van der Waals surface area contributed by atoms with Gasteiger partial charge in [0, 0.05) is 18.9 Å². The Morgan fingerprint density at radius 2 is 1.81 bits per heavy atom. The largest absolute Gasteiger partial charge is 0.355 e. The Morgan fingerprint density at radius 3 is 2.58 bits per heavy atom. The molecule has 1 amide bonds. The van der Waals surface area contributed by atoms with Crippen LogP contribution in [0.15, 0.2) is 66.1 Å². The molecular formula is C21H23N3OS. The summed E-state index contributed by atoms with van der Waals surface area (Å²) in [5.74, 6) is 0.388. The molecule has 0 atom stereocenters. The minimum Gasteiger partial charge on any atom is -0.355 e. The molecule has 0 fully saturated rings. The van der Waals surface area contributed by atoms with Crippen LogP contribution in [0, 0.1) is 13.8 Å². The fourth-order valence-corrected chi connectivity index (χ4v) is 3.62. The van der Waals surface area contributed by atoms with Crippen molar-refractivity contribution in [1.29, 1.82) is 0 Å². The van der Waals surface area contributed by atoms with Crippen LogP contribution in [0.2, 0.25) is 0 Å². The number of imidazole rings is 1. The second-order valence-corrected chi connectivity index (χ2v) is 7.12. The molecule has 1 aromatic heterocycles. The van der Waals surface area contributed by atoms with E-state index < -0.39 is 0 Å². The monoisotopic (exact) mass is 365 g/mol. The van der Waals surface area contributed by atoms with Crippen molar-refractivity contribution in [3.8, 4) is 5.69 Å². The highest BCUT2D eigenvalue weighted by Gasteiger charge is 2.10. The van der Waals surface area contributed by atoms with Gasteiger partial charge in [0.2, 0.25) is 5.91 Å². The molecule has 3 aromatic rings. The number of carbonyl (C=O) groups is 1. The third-order valence-corrected chi connectivity index (χ3v) is 5.26. The second kappa shape index (κ2) is 8.72. The molecule has 0 aliphatic heterocycles. The van der Waals surface area contributed by atoms with Gasteiger partial charge in [-0.15, -0.1) is 0 Å². The molecule has 134 valence electrons. The van der Waals surface area contributed by atoms with Gasteiger partial charge in [-0.3, -0.25) is 9.36 Å². The van der Waals surface area contributed by atoms with Crippen molar-refractivity contribution in [2.75, 3.05) is 12.3 Å². The van der Waals surface area contributed by atoms with Crippen molar-refractivity contribution in [2.45, 2.75) is 25.4 Å². The van der Waals surface area contributed by atoms with E-state index in [4.69, 9.17) is 0 Å². The van der Waals surface area contributed by atoms with Crippen molar-refractivity contribution < 1.29 is 4.79 Å². The van der Waals surface area contributed by atoms with Gasteiger partial charge in [-0.1, -0.05) is 54.2 Å². The molecule has 1 N–H and O–H groups in total. The Labute approximate surface area is 158 Å². The van der Waals surface area contributed by atoms with E-state index >= 15 is 0 Å². The van der Waals surface area contributed by atoms with Gasteiger partial charge in [-0.05, 0) is 43.0 Å². The van der Waals surface area contributed by atoms with Gasteiger partial charge >= 0.3 is 0 Å². The second-order valence-electron chi connectivity index (χ2n) is 6.18. The average Bonchev–Trinajstić information content (AvgIpc) is 3.10. The molecule has 0 radical (unpaired) electrons. The fourth-order valence-electron chi connectivity index (χ4n) is 2.82. The Kier molecular flexibility index (Phi) is 6.12. The predicted molar refractivity (Wildman–Crippen MR) is 107 cm³/mol. The highest BCUT2D eigenvalue weighted by Crippen LogP contribution is 2.22. The first-order valence-corrected chi connectivity index (χ1v) is 9.67. The number of aryl methyl sites for hydroxylation is 2. The van der Waals surface area contributed by atoms with Crippen LogP contribution in [-0.4, -0.2) is 27.8 Å². The molecular weight excluding hydrogens is 342 g/mol. The molecule has 3 rings (SSSR count). The van der Waals surface area contributed by atoms with Crippen molar-refractivity contribution in [3.05, 3.63) is 77.6 Å². The number of aromatic nitrogens is 2. The van der Waals surface area contributed by atoms with E-state index in [2.05, 4.69) is 48.4 Å². The van der Waals surface area contributed by atoms with Crippen molar-refractivity contribution >= 4 is 17.7 Å². The number of rotatable bonds is 7. The summed E-state index contributed by atoms with van der Waals surface area (Å²) in [6.07, 6.45) is 4.55. The smallest absolute Gasteiger partial charge is 0.230 e. The van der Waals surface area contributed by atoms with Gasteiger partial charge in [0.15, 0.2) is 5.16 Å². The van der Waals surface area contributed by atoms with Crippen molar-refractivity contribution in [2.24, 2.45) is 0 Å². The van der Waals surface area contributed by atoms with Crippen LogP contribution in [-0.2, 0) is 11.2 Å². The maximum absolute atomic E-state index is 12.2. The highest BCUT2D eigenvalue weighted by atomic mass is 32.2. The van der Waals surface area contributed by atoms with Gasteiger partial charge in [0.25, 0.3) is 0 Å². The zero-order chi connectivity index (χ0) is 18.4. The third-order valence-electron chi connectivity index (χ3n) is 4.29. The standard InChI is InChI=1S/C21H23N3OS/c1-16-7-3-5-9-18(16)11-12-22-20(25)15-26-21-23-13-14-24(21)19-10-6-4-8-17(19)2/h3-10,13-14H,11-12,15H2,1-2H3,(H,22,25). The summed E-state index contributed by atoms with van der Waals surface area (Å²) in [4.78, 5) is 16.6. The predicted octanol–water partition coefficient (Wildman–Crippen LogP) is 3.94. The van der Waals surface area contributed by atoms with Gasteiger partial charge in [-0.25, -0.2) is 4.98 Å². The van der Waals surface area contributed by atoms with Gasteiger partial charge in [0.05, 0.1) is 11.4 Å². The third kappa shape index (κ3) is 4.55. The van der Waals surface area contributed by atoms with Crippen molar-refractivity contribution in [3.63, 3.8) is 0 Å². The summed E-state index contributed by atoms with van der Waals surface area (Å²) in [6.45, 7) is 4.82. The number of thioether (sulfide) groups is 1. The molecule has 1 heterocycles. The summed E-state index contributed by atoms with van der Waals surface area (Å²) < 4.78 is 2.03. The SMILES string of the molecule is Cc1ccccc1CCNC(=O)CSc1nccn1-c1ccccc1C. The molecule has 0 aliphatic carbocycles. The number of carbonyl (C=O) groups excluding carboxylic acids is 1. The number of hydrogen-bond acceptors (Lipinski definition) is 3. The van der Waals surface area contributed by atoms with Crippen molar-refractivity contribution in [1.82, 2.24) is 14.9 Å². The van der Waals surface area contributed by atoms with E-state index in [-0.39, 0.29) is 5.91 Å². The van der Waals surface area contributed by atoms with Crippen LogP contribution < -0.4 is 5.32 Å². The van der Waals surface area contributed by atoms with Gasteiger partial charge in [-0.2, -0.15) is 0 Å². The van der Waals surface area contributed by atoms with Crippen LogP contribution in [0.5, 0.6) is 0 Å². The van der Waals surface area contributed by atoms with Gasteiger partial charge in [0.1, 0.15) is 0 Å². The average molecular weight is 366 g/mol. The quantitative estimate of drug-likeness (QED) is 0.645. The normalized spacial score (nSPS) is 10.7. The first kappa shape index (κ1) is 18.3.